The quantitative estimate of drug-likeness (QED) is 0.698. The van der Waals surface area contributed by atoms with Gasteiger partial charge in [-0.25, -0.2) is 0 Å². The fourth-order valence-electron chi connectivity index (χ4n) is 2.19. The van der Waals surface area contributed by atoms with Gasteiger partial charge in [0.25, 0.3) is 0 Å². The molecule has 1 rings (SSSR count). The van der Waals surface area contributed by atoms with Crippen LogP contribution in [0.3, 0.4) is 0 Å². The summed E-state index contributed by atoms with van der Waals surface area (Å²) in [5.41, 5.74) is 0.415. The molecule has 0 spiro atoms. The maximum atomic E-state index is 11.2. The van der Waals surface area contributed by atoms with Crippen molar-refractivity contribution in [3.8, 4) is 0 Å². The summed E-state index contributed by atoms with van der Waals surface area (Å²) in [5, 5.41) is 2.71. The van der Waals surface area contributed by atoms with Gasteiger partial charge >= 0.3 is 0 Å². The molecule has 2 heteroatoms. The van der Waals surface area contributed by atoms with Crippen LogP contribution in [0.15, 0.2) is 0 Å². The summed E-state index contributed by atoms with van der Waals surface area (Å²) in [6.45, 7) is 6.79. The van der Waals surface area contributed by atoms with Gasteiger partial charge in [0.2, 0.25) is 5.91 Å². The first-order chi connectivity index (χ1) is 5.92. The molecule has 13 heavy (non-hydrogen) atoms. The predicted molar refractivity (Wildman–Crippen MR) is 54.4 cm³/mol. The Bertz CT molecular complexity index is 187. The van der Waals surface area contributed by atoms with Crippen LogP contribution >= 0.6 is 0 Å². The fourth-order valence-corrected chi connectivity index (χ4v) is 2.19. The minimum Gasteiger partial charge on any atom is -0.359 e. The van der Waals surface area contributed by atoms with Gasteiger partial charge in [-0.1, -0.05) is 20.8 Å². The molecule has 0 aromatic carbocycles. The van der Waals surface area contributed by atoms with E-state index in [1.165, 1.54) is 6.42 Å². The number of amides is 1. The van der Waals surface area contributed by atoms with E-state index in [2.05, 4.69) is 26.1 Å². The molecular weight excluding hydrogens is 162 g/mol. The molecule has 1 saturated carbocycles. The van der Waals surface area contributed by atoms with Gasteiger partial charge in [0.1, 0.15) is 0 Å². The van der Waals surface area contributed by atoms with Crippen molar-refractivity contribution in [1.29, 1.82) is 0 Å². The number of hydrogen-bond donors (Lipinski definition) is 1. The lowest BCUT2D eigenvalue weighted by Gasteiger charge is -2.37. The Morgan fingerprint density at radius 2 is 1.92 bits per heavy atom. The van der Waals surface area contributed by atoms with E-state index < -0.39 is 0 Å². The van der Waals surface area contributed by atoms with E-state index in [0.29, 0.717) is 11.3 Å². The summed E-state index contributed by atoms with van der Waals surface area (Å²) in [6, 6.07) is 0. The Kier molecular flexibility index (Phi) is 2.99. The van der Waals surface area contributed by atoms with E-state index in [9.17, 15) is 4.79 Å². The highest BCUT2D eigenvalue weighted by molar-refractivity contribution is 5.79. The van der Waals surface area contributed by atoms with Crippen molar-refractivity contribution < 1.29 is 4.79 Å². The Labute approximate surface area is 81.1 Å². The molecule has 1 aliphatic rings. The first kappa shape index (κ1) is 10.6. The molecule has 1 fully saturated rings. The summed E-state index contributed by atoms with van der Waals surface area (Å²) in [5.74, 6) is 1.31. The van der Waals surface area contributed by atoms with Crippen LogP contribution in [0.2, 0.25) is 0 Å². The highest BCUT2D eigenvalue weighted by Crippen LogP contribution is 2.41. The molecule has 1 aliphatic carbocycles. The third-order valence-corrected chi connectivity index (χ3v) is 2.75. The zero-order valence-electron chi connectivity index (χ0n) is 9.18. The third kappa shape index (κ3) is 3.02. The molecule has 0 aromatic rings. The van der Waals surface area contributed by atoms with Gasteiger partial charge in [-0.15, -0.1) is 0 Å². The highest BCUT2D eigenvalue weighted by Gasteiger charge is 2.35. The van der Waals surface area contributed by atoms with Crippen molar-refractivity contribution in [3.63, 3.8) is 0 Å². The van der Waals surface area contributed by atoms with Crippen LogP contribution < -0.4 is 5.32 Å². The molecule has 76 valence electrons. The first-order valence-electron chi connectivity index (χ1n) is 5.14. The molecule has 0 atom stereocenters. The second-order valence-corrected chi connectivity index (χ2v) is 5.41. The molecule has 0 aliphatic heterocycles. The number of hydrogen-bond acceptors (Lipinski definition) is 1. The van der Waals surface area contributed by atoms with Gasteiger partial charge in [0, 0.05) is 13.0 Å². The SMILES string of the molecule is CNC(=O)C1CC(CC(C)(C)C)C1. The van der Waals surface area contributed by atoms with Crippen LogP contribution in [-0.2, 0) is 4.79 Å². The smallest absolute Gasteiger partial charge is 0.222 e. The number of carbonyl (C=O) groups excluding carboxylic acids is 1. The lowest BCUT2D eigenvalue weighted by Crippen LogP contribution is -2.38. The maximum absolute atomic E-state index is 11.2. The van der Waals surface area contributed by atoms with E-state index >= 15 is 0 Å². The van der Waals surface area contributed by atoms with Gasteiger partial charge < -0.3 is 5.32 Å². The number of rotatable bonds is 2. The molecule has 0 aromatic heterocycles. The van der Waals surface area contributed by atoms with E-state index in [4.69, 9.17) is 0 Å². The summed E-state index contributed by atoms with van der Waals surface area (Å²) >= 11 is 0. The van der Waals surface area contributed by atoms with Crippen LogP contribution in [0.4, 0.5) is 0 Å². The van der Waals surface area contributed by atoms with Crippen LogP contribution in [0.5, 0.6) is 0 Å². The van der Waals surface area contributed by atoms with E-state index in [1.54, 1.807) is 7.05 Å². The summed E-state index contributed by atoms with van der Waals surface area (Å²) in [6.07, 6.45) is 3.44. The monoisotopic (exact) mass is 183 g/mol. The molecule has 0 bridgehead atoms. The highest BCUT2D eigenvalue weighted by atomic mass is 16.1. The largest absolute Gasteiger partial charge is 0.359 e. The predicted octanol–water partition coefficient (Wildman–Crippen LogP) is 2.19. The van der Waals surface area contributed by atoms with E-state index in [0.717, 1.165) is 18.8 Å². The molecule has 2 nitrogen and oxygen atoms in total. The van der Waals surface area contributed by atoms with Gasteiger partial charge in [-0.05, 0) is 30.6 Å². The van der Waals surface area contributed by atoms with Crippen LogP contribution in [0.1, 0.15) is 40.0 Å². The number of nitrogens with one attached hydrogen (secondary N) is 1. The maximum Gasteiger partial charge on any atom is 0.222 e. The molecule has 0 heterocycles. The van der Waals surface area contributed by atoms with Gasteiger partial charge in [0.15, 0.2) is 0 Å². The van der Waals surface area contributed by atoms with Crippen molar-refractivity contribution in [2.45, 2.75) is 40.0 Å². The normalized spacial score (nSPS) is 28.0. The second kappa shape index (κ2) is 3.69. The van der Waals surface area contributed by atoms with Crippen molar-refractivity contribution >= 4 is 5.91 Å². The minimum absolute atomic E-state index is 0.227. The summed E-state index contributed by atoms with van der Waals surface area (Å²) < 4.78 is 0. The van der Waals surface area contributed by atoms with Gasteiger partial charge in [-0.2, -0.15) is 0 Å². The minimum atomic E-state index is 0.227. The van der Waals surface area contributed by atoms with Crippen LogP contribution in [0.25, 0.3) is 0 Å². The second-order valence-electron chi connectivity index (χ2n) is 5.41. The molecule has 0 radical (unpaired) electrons. The van der Waals surface area contributed by atoms with Crippen molar-refractivity contribution in [1.82, 2.24) is 5.32 Å². The Morgan fingerprint density at radius 1 is 1.38 bits per heavy atom. The zero-order valence-corrected chi connectivity index (χ0v) is 9.18. The fraction of sp³-hybridized carbons (Fsp3) is 0.909. The van der Waals surface area contributed by atoms with E-state index in [-0.39, 0.29) is 5.91 Å². The van der Waals surface area contributed by atoms with Crippen LogP contribution in [-0.4, -0.2) is 13.0 Å². The third-order valence-electron chi connectivity index (χ3n) is 2.75. The summed E-state index contributed by atoms with van der Waals surface area (Å²) in [4.78, 5) is 11.2. The van der Waals surface area contributed by atoms with Crippen LogP contribution in [0, 0.1) is 17.3 Å². The van der Waals surface area contributed by atoms with Gasteiger partial charge in [0.05, 0.1) is 0 Å². The van der Waals surface area contributed by atoms with Crippen molar-refractivity contribution in [2.75, 3.05) is 7.05 Å². The van der Waals surface area contributed by atoms with Crippen molar-refractivity contribution in [3.05, 3.63) is 0 Å². The molecule has 0 saturated heterocycles. The standard InChI is InChI=1S/C11H21NO/c1-11(2,3)7-8-5-9(6-8)10(13)12-4/h8-9H,5-7H2,1-4H3,(H,12,13). The Balaban J connectivity index is 2.22. The average molecular weight is 183 g/mol. The van der Waals surface area contributed by atoms with Gasteiger partial charge in [-0.3, -0.25) is 4.79 Å². The topological polar surface area (TPSA) is 29.1 Å². The molecule has 1 N–H and O–H groups in total. The summed E-state index contributed by atoms with van der Waals surface area (Å²) in [7, 11) is 1.72. The number of carbonyl (C=O) groups is 1. The molecular formula is C11H21NO. The lowest BCUT2D eigenvalue weighted by atomic mass is 9.68. The Hall–Kier alpha value is -0.530. The van der Waals surface area contributed by atoms with E-state index in [1.807, 2.05) is 0 Å². The Morgan fingerprint density at radius 3 is 2.31 bits per heavy atom. The van der Waals surface area contributed by atoms with Crippen molar-refractivity contribution in [2.24, 2.45) is 17.3 Å². The molecule has 0 unspecified atom stereocenters. The zero-order chi connectivity index (χ0) is 10.1. The molecule has 1 amide bonds. The lowest BCUT2D eigenvalue weighted by molar-refractivity contribution is -0.129. The average Bonchev–Trinajstić information content (AvgIpc) is 1.92. The first-order valence-corrected chi connectivity index (χ1v) is 5.14.